The van der Waals surface area contributed by atoms with Crippen molar-refractivity contribution in [3.05, 3.63) is 0 Å². The minimum atomic E-state index is -4.40. The molecule has 122 valence electrons. The molecule has 1 unspecified atom stereocenters. The summed E-state index contributed by atoms with van der Waals surface area (Å²) in [5.41, 5.74) is -0.741. The number of ketones is 1. The van der Waals surface area contributed by atoms with Gasteiger partial charge >= 0.3 is 12.3 Å². The highest BCUT2D eigenvalue weighted by Crippen LogP contribution is 2.23. The zero-order valence-corrected chi connectivity index (χ0v) is 12.3. The molecule has 1 amide bonds. The highest BCUT2D eigenvalue weighted by atomic mass is 19.4. The number of morpholine rings is 1. The van der Waals surface area contributed by atoms with Crippen molar-refractivity contribution >= 4 is 11.9 Å². The first kappa shape index (κ1) is 17.7. The molecule has 1 atom stereocenters. The molecular weight excluding hydrogens is 291 g/mol. The zero-order valence-electron chi connectivity index (χ0n) is 12.3. The van der Waals surface area contributed by atoms with E-state index in [0.29, 0.717) is 0 Å². The normalized spacial score (nSPS) is 20.3. The quantitative estimate of drug-likeness (QED) is 0.804. The lowest BCUT2D eigenvalue weighted by Crippen LogP contribution is -2.53. The Kier molecular flexibility index (Phi) is 5.61. The van der Waals surface area contributed by atoms with Crippen LogP contribution in [-0.4, -0.2) is 54.4 Å². The van der Waals surface area contributed by atoms with Crippen molar-refractivity contribution in [1.29, 1.82) is 0 Å². The van der Waals surface area contributed by atoms with Gasteiger partial charge in [-0.1, -0.05) is 0 Å². The minimum Gasteiger partial charge on any atom is -0.444 e. The van der Waals surface area contributed by atoms with Crippen molar-refractivity contribution in [2.45, 2.75) is 51.4 Å². The monoisotopic (exact) mass is 311 g/mol. The Morgan fingerprint density at radius 2 is 1.90 bits per heavy atom. The standard InChI is InChI=1S/C13H20F3NO4/c1-12(2,3)21-11(19)17-6-7-20-8-9(17)10(18)4-5-13(14,15)16/h9H,4-8H2,1-3H3. The molecule has 0 radical (unpaired) electrons. The Labute approximate surface area is 121 Å². The predicted molar refractivity (Wildman–Crippen MR) is 67.8 cm³/mol. The summed E-state index contributed by atoms with van der Waals surface area (Å²) in [6.45, 7) is 5.26. The van der Waals surface area contributed by atoms with Crippen molar-refractivity contribution in [1.82, 2.24) is 4.90 Å². The molecule has 0 bridgehead atoms. The number of alkyl halides is 3. The number of halogens is 3. The van der Waals surface area contributed by atoms with Crippen LogP contribution in [0.4, 0.5) is 18.0 Å². The van der Waals surface area contributed by atoms with Crippen LogP contribution < -0.4 is 0 Å². The molecule has 0 saturated carbocycles. The summed E-state index contributed by atoms with van der Waals surface area (Å²) in [5, 5.41) is 0. The van der Waals surface area contributed by atoms with Gasteiger partial charge in [0.1, 0.15) is 11.6 Å². The third kappa shape index (κ3) is 6.33. The molecule has 0 aromatic heterocycles. The van der Waals surface area contributed by atoms with E-state index in [1.54, 1.807) is 20.8 Å². The lowest BCUT2D eigenvalue weighted by molar-refractivity contribution is -0.147. The number of carbonyl (C=O) groups is 2. The topological polar surface area (TPSA) is 55.8 Å². The van der Waals surface area contributed by atoms with Crippen LogP contribution in [0.15, 0.2) is 0 Å². The number of rotatable bonds is 3. The summed E-state index contributed by atoms with van der Waals surface area (Å²) in [6.07, 6.45) is -6.99. The molecule has 1 saturated heterocycles. The molecule has 21 heavy (non-hydrogen) atoms. The Morgan fingerprint density at radius 3 is 2.43 bits per heavy atom. The highest BCUT2D eigenvalue weighted by molar-refractivity contribution is 5.87. The van der Waals surface area contributed by atoms with Gasteiger partial charge in [-0.2, -0.15) is 13.2 Å². The van der Waals surface area contributed by atoms with Crippen molar-refractivity contribution in [2.24, 2.45) is 0 Å². The SMILES string of the molecule is CC(C)(C)OC(=O)N1CCOCC1C(=O)CCC(F)(F)F. The van der Waals surface area contributed by atoms with Gasteiger partial charge in [-0.15, -0.1) is 0 Å². The molecule has 0 aromatic carbocycles. The number of amides is 1. The molecule has 5 nitrogen and oxygen atoms in total. The van der Waals surface area contributed by atoms with Gasteiger partial charge in [-0.05, 0) is 20.8 Å². The summed E-state index contributed by atoms with van der Waals surface area (Å²) in [4.78, 5) is 25.0. The van der Waals surface area contributed by atoms with Gasteiger partial charge < -0.3 is 9.47 Å². The first-order chi connectivity index (χ1) is 9.49. The second-order valence-corrected chi connectivity index (χ2v) is 5.85. The van der Waals surface area contributed by atoms with E-state index in [0.717, 1.165) is 4.90 Å². The van der Waals surface area contributed by atoms with Crippen LogP contribution in [0.1, 0.15) is 33.6 Å². The minimum absolute atomic E-state index is 0.101. The van der Waals surface area contributed by atoms with Gasteiger partial charge in [-0.25, -0.2) is 4.79 Å². The van der Waals surface area contributed by atoms with E-state index >= 15 is 0 Å². The van der Waals surface area contributed by atoms with E-state index in [1.165, 1.54) is 0 Å². The van der Waals surface area contributed by atoms with Crippen LogP contribution in [0, 0.1) is 0 Å². The fourth-order valence-electron chi connectivity index (χ4n) is 1.84. The molecule has 1 rings (SSSR count). The van der Waals surface area contributed by atoms with Gasteiger partial charge in [0.25, 0.3) is 0 Å². The average molecular weight is 311 g/mol. The van der Waals surface area contributed by atoms with E-state index in [-0.39, 0.29) is 19.8 Å². The van der Waals surface area contributed by atoms with Crippen LogP contribution in [-0.2, 0) is 14.3 Å². The van der Waals surface area contributed by atoms with E-state index in [2.05, 4.69) is 0 Å². The van der Waals surface area contributed by atoms with Gasteiger partial charge in [0.05, 0.1) is 19.6 Å². The smallest absolute Gasteiger partial charge is 0.411 e. The Morgan fingerprint density at radius 1 is 1.29 bits per heavy atom. The second-order valence-electron chi connectivity index (χ2n) is 5.85. The third-order valence-corrected chi connectivity index (χ3v) is 2.78. The fourth-order valence-corrected chi connectivity index (χ4v) is 1.84. The summed E-state index contributed by atoms with van der Waals surface area (Å²) in [6, 6.07) is -1.02. The molecule has 1 fully saturated rings. The summed E-state index contributed by atoms with van der Waals surface area (Å²) in [5.74, 6) is -0.669. The van der Waals surface area contributed by atoms with Crippen molar-refractivity contribution in [3.8, 4) is 0 Å². The zero-order chi connectivity index (χ0) is 16.3. The number of ether oxygens (including phenoxy) is 2. The Bertz CT molecular complexity index is 390. The summed E-state index contributed by atoms with van der Waals surface area (Å²) in [7, 11) is 0. The fraction of sp³-hybridized carbons (Fsp3) is 0.846. The maximum Gasteiger partial charge on any atom is 0.411 e. The average Bonchev–Trinajstić information content (AvgIpc) is 2.33. The van der Waals surface area contributed by atoms with E-state index in [1.807, 2.05) is 0 Å². The molecule has 1 heterocycles. The molecular formula is C13H20F3NO4. The maximum absolute atomic E-state index is 12.2. The first-order valence-electron chi connectivity index (χ1n) is 6.66. The molecule has 0 spiro atoms. The van der Waals surface area contributed by atoms with Crippen LogP contribution in [0.5, 0.6) is 0 Å². The summed E-state index contributed by atoms with van der Waals surface area (Å²) >= 11 is 0. The lowest BCUT2D eigenvalue weighted by Gasteiger charge is -2.35. The van der Waals surface area contributed by atoms with Crippen LogP contribution >= 0.6 is 0 Å². The molecule has 8 heteroatoms. The maximum atomic E-state index is 12.2. The van der Waals surface area contributed by atoms with E-state index in [9.17, 15) is 22.8 Å². The number of hydrogen-bond acceptors (Lipinski definition) is 4. The molecule has 1 aliphatic rings. The first-order valence-corrected chi connectivity index (χ1v) is 6.66. The van der Waals surface area contributed by atoms with Crippen LogP contribution in [0.2, 0.25) is 0 Å². The Hall–Kier alpha value is -1.31. The van der Waals surface area contributed by atoms with E-state index < -0.39 is 42.5 Å². The van der Waals surface area contributed by atoms with Crippen molar-refractivity contribution in [3.63, 3.8) is 0 Å². The van der Waals surface area contributed by atoms with Gasteiger partial charge in [-0.3, -0.25) is 9.69 Å². The van der Waals surface area contributed by atoms with Crippen LogP contribution in [0.25, 0.3) is 0 Å². The van der Waals surface area contributed by atoms with Crippen molar-refractivity contribution < 1.29 is 32.2 Å². The highest BCUT2D eigenvalue weighted by Gasteiger charge is 2.37. The van der Waals surface area contributed by atoms with Gasteiger partial charge in [0.15, 0.2) is 5.78 Å². The molecule has 0 aromatic rings. The second kappa shape index (κ2) is 6.64. The molecule has 1 aliphatic heterocycles. The number of carbonyl (C=O) groups excluding carboxylic acids is 2. The number of nitrogens with zero attached hydrogens (tertiary/aromatic N) is 1. The summed E-state index contributed by atoms with van der Waals surface area (Å²) < 4.78 is 46.8. The third-order valence-electron chi connectivity index (χ3n) is 2.78. The molecule has 0 N–H and O–H groups in total. The van der Waals surface area contributed by atoms with Crippen LogP contribution in [0.3, 0.4) is 0 Å². The lowest BCUT2D eigenvalue weighted by atomic mass is 10.1. The largest absolute Gasteiger partial charge is 0.444 e. The molecule has 0 aliphatic carbocycles. The van der Waals surface area contributed by atoms with Gasteiger partial charge in [0, 0.05) is 13.0 Å². The van der Waals surface area contributed by atoms with Gasteiger partial charge in [0.2, 0.25) is 0 Å². The van der Waals surface area contributed by atoms with Crippen molar-refractivity contribution in [2.75, 3.05) is 19.8 Å². The number of Topliss-reactive ketones (excluding diaryl/α,β-unsaturated/α-hetero) is 1. The predicted octanol–water partition coefficient (Wildman–Crippen LogP) is 2.53. The van der Waals surface area contributed by atoms with E-state index in [4.69, 9.17) is 9.47 Å². The Balaban J connectivity index is 2.68. The number of hydrogen-bond donors (Lipinski definition) is 0.